The van der Waals surface area contributed by atoms with Crippen molar-refractivity contribution < 1.29 is 9.59 Å². The summed E-state index contributed by atoms with van der Waals surface area (Å²) in [6.45, 7) is 9.16. The monoisotopic (exact) mass is 340 g/mol. The molecule has 0 saturated carbocycles. The first kappa shape index (κ1) is 16.7. The summed E-state index contributed by atoms with van der Waals surface area (Å²) in [7, 11) is 0. The predicted molar refractivity (Wildman–Crippen MR) is 84.8 cm³/mol. The number of aryl methyl sites for hydroxylation is 1. The zero-order valence-electron chi connectivity index (χ0n) is 12.6. The van der Waals surface area contributed by atoms with Gasteiger partial charge in [-0.3, -0.25) is 9.59 Å². The van der Waals surface area contributed by atoms with Crippen LogP contribution in [-0.2, 0) is 9.59 Å². The standard InChI is InChI=1S/C15H21BrN2O2/c1-10-8-12(6-7-13(10)16)18(11(2)19)9-14(20)17-15(3,4)5/h6-8H,9H2,1-5H3,(H,17,20). The Morgan fingerprint density at radius 3 is 2.35 bits per heavy atom. The molecule has 0 spiro atoms. The van der Waals surface area contributed by atoms with Gasteiger partial charge in [-0.25, -0.2) is 0 Å². The lowest BCUT2D eigenvalue weighted by molar-refractivity contribution is -0.124. The van der Waals surface area contributed by atoms with Gasteiger partial charge in [0.2, 0.25) is 11.8 Å². The van der Waals surface area contributed by atoms with Crippen LogP contribution in [0.15, 0.2) is 22.7 Å². The molecule has 0 bridgehead atoms. The molecule has 0 fully saturated rings. The number of nitrogens with zero attached hydrogens (tertiary/aromatic N) is 1. The molecule has 0 aliphatic heterocycles. The molecule has 20 heavy (non-hydrogen) atoms. The van der Waals surface area contributed by atoms with Crippen molar-refractivity contribution in [1.82, 2.24) is 5.32 Å². The fourth-order valence-corrected chi connectivity index (χ4v) is 2.03. The Morgan fingerprint density at radius 1 is 1.30 bits per heavy atom. The van der Waals surface area contributed by atoms with Gasteiger partial charge in [0.15, 0.2) is 0 Å². The highest BCUT2D eigenvalue weighted by Gasteiger charge is 2.19. The van der Waals surface area contributed by atoms with Crippen LogP contribution in [-0.4, -0.2) is 23.9 Å². The van der Waals surface area contributed by atoms with Gasteiger partial charge in [0, 0.05) is 22.6 Å². The Balaban J connectivity index is 2.92. The molecule has 1 aromatic rings. The zero-order chi connectivity index (χ0) is 15.5. The zero-order valence-corrected chi connectivity index (χ0v) is 14.2. The summed E-state index contributed by atoms with van der Waals surface area (Å²) >= 11 is 3.42. The van der Waals surface area contributed by atoms with Crippen LogP contribution < -0.4 is 10.2 Å². The first-order chi connectivity index (χ1) is 9.10. The third-order valence-electron chi connectivity index (χ3n) is 2.65. The molecular weight excluding hydrogens is 320 g/mol. The Morgan fingerprint density at radius 2 is 1.90 bits per heavy atom. The van der Waals surface area contributed by atoms with Crippen molar-refractivity contribution in [2.45, 2.75) is 40.2 Å². The van der Waals surface area contributed by atoms with Crippen molar-refractivity contribution in [1.29, 1.82) is 0 Å². The number of nitrogens with one attached hydrogen (secondary N) is 1. The molecular formula is C15H21BrN2O2. The number of anilines is 1. The van der Waals surface area contributed by atoms with E-state index in [-0.39, 0.29) is 23.9 Å². The van der Waals surface area contributed by atoms with Crippen LogP contribution in [0.5, 0.6) is 0 Å². The summed E-state index contributed by atoms with van der Waals surface area (Å²) < 4.78 is 0.976. The first-order valence-corrected chi connectivity index (χ1v) is 7.25. The molecule has 0 unspecified atom stereocenters. The highest BCUT2D eigenvalue weighted by Crippen LogP contribution is 2.23. The van der Waals surface area contributed by atoms with E-state index in [1.165, 1.54) is 11.8 Å². The number of halogens is 1. The minimum Gasteiger partial charge on any atom is -0.350 e. The quantitative estimate of drug-likeness (QED) is 0.919. The molecule has 0 aliphatic rings. The van der Waals surface area contributed by atoms with E-state index in [0.29, 0.717) is 0 Å². The molecule has 5 heteroatoms. The van der Waals surface area contributed by atoms with Gasteiger partial charge in [0.1, 0.15) is 6.54 Å². The van der Waals surface area contributed by atoms with Crippen LogP contribution in [0.1, 0.15) is 33.3 Å². The number of carbonyl (C=O) groups is 2. The van der Waals surface area contributed by atoms with E-state index < -0.39 is 0 Å². The third kappa shape index (κ3) is 4.96. The molecule has 110 valence electrons. The second-order valence-electron chi connectivity index (χ2n) is 5.84. The summed E-state index contributed by atoms with van der Waals surface area (Å²) in [6.07, 6.45) is 0. The molecule has 1 aromatic carbocycles. The summed E-state index contributed by atoms with van der Waals surface area (Å²) in [5, 5.41) is 2.86. The van der Waals surface area contributed by atoms with Crippen molar-refractivity contribution in [2.24, 2.45) is 0 Å². The van der Waals surface area contributed by atoms with E-state index in [2.05, 4.69) is 21.2 Å². The van der Waals surface area contributed by atoms with E-state index in [1.54, 1.807) is 0 Å². The normalized spacial score (nSPS) is 11.1. The van der Waals surface area contributed by atoms with E-state index in [1.807, 2.05) is 45.9 Å². The van der Waals surface area contributed by atoms with Gasteiger partial charge in [-0.15, -0.1) is 0 Å². The van der Waals surface area contributed by atoms with Gasteiger partial charge in [-0.05, 0) is 51.5 Å². The molecule has 1 rings (SSSR count). The van der Waals surface area contributed by atoms with Gasteiger partial charge in [0.25, 0.3) is 0 Å². The van der Waals surface area contributed by atoms with Crippen molar-refractivity contribution in [2.75, 3.05) is 11.4 Å². The number of rotatable bonds is 3. The molecule has 0 atom stereocenters. The second-order valence-corrected chi connectivity index (χ2v) is 6.69. The summed E-state index contributed by atoms with van der Waals surface area (Å²) in [6, 6.07) is 5.58. The van der Waals surface area contributed by atoms with Gasteiger partial charge in [-0.1, -0.05) is 15.9 Å². The van der Waals surface area contributed by atoms with Gasteiger partial charge >= 0.3 is 0 Å². The van der Waals surface area contributed by atoms with Crippen molar-refractivity contribution in [3.8, 4) is 0 Å². The van der Waals surface area contributed by atoms with Crippen LogP contribution in [0.25, 0.3) is 0 Å². The van der Waals surface area contributed by atoms with E-state index in [9.17, 15) is 9.59 Å². The molecule has 0 aromatic heterocycles. The average molecular weight is 341 g/mol. The van der Waals surface area contributed by atoms with Crippen LogP contribution in [0.4, 0.5) is 5.69 Å². The number of benzene rings is 1. The molecule has 2 amide bonds. The maximum atomic E-state index is 12.0. The van der Waals surface area contributed by atoms with Gasteiger partial charge in [0.05, 0.1) is 0 Å². The van der Waals surface area contributed by atoms with Gasteiger partial charge in [-0.2, -0.15) is 0 Å². The topological polar surface area (TPSA) is 49.4 Å². The highest BCUT2D eigenvalue weighted by atomic mass is 79.9. The lowest BCUT2D eigenvalue weighted by Gasteiger charge is -2.25. The number of hydrogen-bond acceptors (Lipinski definition) is 2. The number of amides is 2. The minimum absolute atomic E-state index is 0.0215. The smallest absolute Gasteiger partial charge is 0.240 e. The summed E-state index contributed by atoms with van der Waals surface area (Å²) in [4.78, 5) is 25.2. The summed E-state index contributed by atoms with van der Waals surface area (Å²) in [5.41, 5.74) is 1.43. The van der Waals surface area contributed by atoms with Crippen molar-refractivity contribution in [3.63, 3.8) is 0 Å². The second kappa shape index (κ2) is 6.39. The lowest BCUT2D eigenvalue weighted by atomic mass is 10.1. The molecule has 0 aliphatic carbocycles. The predicted octanol–water partition coefficient (Wildman–Crippen LogP) is 3.03. The fraction of sp³-hybridized carbons (Fsp3) is 0.467. The minimum atomic E-state index is -0.310. The molecule has 0 radical (unpaired) electrons. The largest absolute Gasteiger partial charge is 0.350 e. The Hall–Kier alpha value is -1.36. The third-order valence-corrected chi connectivity index (χ3v) is 3.54. The van der Waals surface area contributed by atoms with E-state index >= 15 is 0 Å². The Kier molecular flexibility index (Phi) is 5.34. The van der Waals surface area contributed by atoms with Gasteiger partial charge < -0.3 is 10.2 Å². The SMILES string of the molecule is CC(=O)N(CC(=O)NC(C)(C)C)c1ccc(Br)c(C)c1. The summed E-state index contributed by atoms with van der Waals surface area (Å²) in [5.74, 6) is -0.330. The highest BCUT2D eigenvalue weighted by molar-refractivity contribution is 9.10. The maximum Gasteiger partial charge on any atom is 0.240 e. The Bertz CT molecular complexity index is 521. The van der Waals surface area contributed by atoms with Crippen molar-refractivity contribution >= 4 is 33.4 Å². The van der Waals surface area contributed by atoms with Crippen LogP contribution in [0.2, 0.25) is 0 Å². The first-order valence-electron chi connectivity index (χ1n) is 6.45. The fourth-order valence-electron chi connectivity index (χ4n) is 1.78. The van der Waals surface area contributed by atoms with E-state index in [4.69, 9.17) is 0 Å². The van der Waals surface area contributed by atoms with Crippen LogP contribution >= 0.6 is 15.9 Å². The van der Waals surface area contributed by atoms with Crippen molar-refractivity contribution in [3.05, 3.63) is 28.2 Å². The molecule has 0 heterocycles. The Labute approximate surface area is 128 Å². The maximum absolute atomic E-state index is 12.0. The molecule has 0 saturated heterocycles. The number of hydrogen-bond donors (Lipinski definition) is 1. The van der Waals surface area contributed by atoms with Crippen LogP contribution in [0, 0.1) is 6.92 Å². The number of carbonyl (C=O) groups excluding carboxylic acids is 2. The average Bonchev–Trinajstić information content (AvgIpc) is 2.27. The molecule has 1 N–H and O–H groups in total. The lowest BCUT2D eigenvalue weighted by Crippen LogP contribution is -2.47. The molecule has 4 nitrogen and oxygen atoms in total. The van der Waals surface area contributed by atoms with Crippen LogP contribution in [0.3, 0.4) is 0 Å². The van der Waals surface area contributed by atoms with E-state index in [0.717, 1.165) is 15.7 Å².